The van der Waals surface area contributed by atoms with Crippen LogP contribution in [0, 0.1) is 25.2 Å². The third kappa shape index (κ3) is 3.36. The fourth-order valence-electron chi connectivity index (χ4n) is 4.91. The second-order valence-corrected chi connectivity index (χ2v) is 12.9. The second-order valence-electron chi connectivity index (χ2n) is 9.01. The highest BCUT2D eigenvalue weighted by molar-refractivity contribution is 7.89. The van der Waals surface area contributed by atoms with Crippen LogP contribution in [-0.2, 0) is 20.0 Å². The van der Waals surface area contributed by atoms with Gasteiger partial charge in [0.05, 0.1) is 9.79 Å². The molecule has 5 rings (SSSR count). The molecule has 1 saturated carbocycles. The topological polar surface area (TPSA) is 74.8 Å². The standard InChI is InChI=1S/C23H26N2O4S2/c1-17-3-7-21(8-4-17)30(26,27)24-12-11-19(14-24)23-13-20(23)15-25(16-23)31(28,29)22-9-5-18(2)6-10-22/h3-11,20H,12-16H2,1-2H3/t20-,23+/m1/s1. The molecule has 0 aromatic heterocycles. The first kappa shape index (κ1) is 20.9. The van der Waals surface area contributed by atoms with Crippen LogP contribution in [0.15, 0.2) is 70.0 Å². The number of sulfonamides is 2. The van der Waals surface area contributed by atoms with Gasteiger partial charge in [-0.25, -0.2) is 16.8 Å². The van der Waals surface area contributed by atoms with E-state index < -0.39 is 20.0 Å². The van der Waals surface area contributed by atoms with Gasteiger partial charge in [0, 0.05) is 31.6 Å². The van der Waals surface area contributed by atoms with Gasteiger partial charge in [-0.05, 0) is 56.0 Å². The van der Waals surface area contributed by atoms with Crippen LogP contribution in [0.5, 0.6) is 0 Å². The normalized spacial score (nSPS) is 26.6. The Morgan fingerprint density at radius 1 is 0.806 bits per heavy atom. The van der Waals surface area contributed by atoms with Crippen molar-refractivity contribution in [1.29, 1.82) is 0 Å². The maximum atomic E-state index is 13.1. The van der Waals surface area contributed by atoms with Gasteiger partial charge in [0.2, 0.25) is 20.0 Å². The predicted molar refractivity (Wildman–Crippen MR) is 118 cm³/mol. The van der Waals surface area contributed by atoms with Crippen molar-refractivity contribution in [3.63, 3.8) is 0 Å². The average molecular weight is 459 g/mol. The zero-order valence-corrected chi connectivity index (χ0v) is 19.3. The van der Waals surface area contributed by atoms with Crippen molar-refractivity contribution >= 4 is 20.0 Å². The van der Waals surface area contributed by atoms with Gasteiger partial charge in [-0.1, -0.05) is 41.5 Å². The Hall–Kier alpha value is -2.00. The molecule has 2 atom stereocenters. The Morgan fingerprint density at radius 3 is 1.87 bits per heavy atom. The SMILES string of the molecule is Cc1ccc(S(=O)(=O)N2CC=C([C@@]34C[C@@H]3CN(S(=O)(=O)c3ccc(C)cc3)C4)C2)cc1. The molecule has 0 N–H and O–H groups in total. The van der Waals surface area contributed by atoms with Gasteiger partial charge in [0.25, 0.3) is 0 Å². The van der Waals surface area contributed by atoms with E-state index in [4.69, 9.17) is 0 Å². The van der Waals surface area contributed by atoms with Crippen molar-refractivity contribution in [2.75, 3.05) is 26.2 Å². The Balaban J connectivity index is 1.32. The number of piperidine rings is 1. The summed E-state index contributed by atoms with van der Waals surface area (Å²) in [6.07, 6.45) is 2.92. The lowest BCUT2D eigenvalue weighted by atomic mass is 9.96. The average Bonchev–Trinajstić information content (AvgIpc) is 3.10. The maximum Gasteiger partial charge on any atom is 0.243 e. The molecule has 0 bridgehead atoms. The second kappa shape index (κ2) is 7.00. The monoisotopic (exact) mass is 458 g/mol. The summed E-state index contributed by atoms with van der Waals surface area (Å²) >= 11 is 0. The lowest BCUT2D eigenvalue weighted by molar-refractivity contribution is 0.413. The number of fused-ring (bicyclic) bond motifs is 1. The summed E-state index contributed by atoms with van der Waals surface area (Å²) in [5, 5.41) is 0. The van der Waals surface area contributed by atoms with Gasteiger partial charge >= 0.3 is 0 Å². The molecule has 2 heterocycles. The van der Waals surface area contributed by atoms with E-state index in [1.165, 1.54) is 4.31 Å². The van der Waals surface area contributed by atoms with E-state index in [0.29, 0.717) is 36.0 Å². The van der Waals surface area contributed by atoms with Gasteiger partial charge in [0.15, 0.2) is 0 Å². The van der Waals surface area contributed by atoms with E-state index in [0.717, 1.165) is 23.1 Å². The van der Waals surface area contributed by atoms with Crippen LogP contribution in [0.1, 0.15) is 17.5 Å². The van der Waals surface area contributed by atoms with Crippen LogP contribution in [0.3, 0.4) is 0 Å². The van der Waals surface area contributed by atoms with Crippen molar-refractivity contribution in [3.05, 3.63) is 71.3 Å². The van der Waals surface area contributed by atoms with Crippen LogP contribution in [-0.4, -0.2) is 51.6 Å². The molecule has 2 aromatic rings. The van der Waals surface area contributed by atoms with Crippen LogP contribution in [0.2, 0.25) is 0 Å². The third-order valence-corrected chi connectivity index (χ3v) is 10.6. The summed E-state index contributed by atoms with van der Waals surface area (Å²) in [6, 6.07) is 13.8. The van der Waals surface area contributed by atoms with Crippen LogP contribution in [0.4, 0.5) is 0 Å². The molecule has 164 valence electrons. The molecule has 2 aromatic carbocycles. The van der Waals surface area contributed by atoms with Crippen molar-refractivity contribution in [2.45, 2.75) is 30.1 Å². The third-order valence-electron chi connectivity index (χ3n) is 6.96. The lowest BCUT2D eigenvalue weighted by Gasteiger charge is -2.23. The number of rotatable bonds is 5. The van der Waals surface area contributed by atoms with E-state index in [1.807, 2.05) is 32.1 Å². The Labute approximate surface area is 184 Å². The molecule has 31 heavy (non-hydrogen) atoms. The van der Waals surface area contributed by atoms with E-state index in [9.17, 15) is 16.8 Å². The predicted octanol–water partition coefficient (Wildman–Crippen LogP) is 2.94. The van der Waals surface area contributed by atoms with Gasteiger partial charge in [0.1, 0.15) is 0 Å². The Bertz CT molecular complexity index is 1270. The first-order chi connectivity index (χ1) is 14.6. The fourth-order valence-corrected chi connectivity index (χ4v) is 7.82. The molecular formula is C23H26N2O4S2. The molecule has 1 saturated heterocycles. The minimum Gasteiger partial charge on any atom is -0.207 e. The number of aryl methyl sites for hydroxylation is 2. The molecule has 3 aliphatic rings. The Morgan fingerprint density at radius 2 is 1.32 bits per heavy atom. The molecule has 0 unspecified atom stereocenters. The van der Waals surface area contributed by atoms with Gasteiger partial charge in [-0.3, -0.25) is 0 Å². The van der Waals surface area contributed by atoms with E-state index in [1.54, 1.807) is 40.7 Å². The molecule has 1 aliphatic carbocycles. The first-order valence-electron chi connectivity index (χ1n) is 10.5. The number of hydrogen-bond donors (Lipinski definition) is 0. The lowest BCUT2D eigenvalue weighted by Crippen LogP contribution is -2.33. The summed E-state index contributed by atoms with van der Waals surface area (Å²) in [4.78, 5) is 0.617. The number of hydrogen-bond acceptors (Lipinski definition) is 4. The van der Waals surface area contributed by atoms with Crippen molar-refractivity contribution < 1.29 is 16.8 Å². The quantitative estimate of drug-likeness (QED) is 0.646. The zero-order valence-electron chi connectivity index (χ0n) is 17.7. The highest BCUT2D eigenvalue weighted by Crippen LogP contribution is 2.63. The van der Waals surface area contributed by atoms with Crippen LogP contribution < -0.4 is 0 Å². The highest BCUT2D eigenvalue weighted by Gasteiger charge is 2.64. The van der Waals surface area contributed by atoms with Crippen molar-refractivity contribution in [1.82, 2.24) is 8.61 Å². The molecule has 6 nitrogen and oxygen atoms in total. The smallest absolute Gasteiger partial charge is 0.207 e. The summed E-state index contributed by atoms with van der Waals surface area (Å²) in [5.41, 5.74) is 2.88. The van der Waals surface area contributed by atoms with E-state index in [-0.39, 0.29) is 11.3 Å². The molecule has 0 radical (unpaired) electrons. The molecule has 0 spiro atoms. The van der Waals surface area contributed by atoms with Gasteiger partial charge in [-0.15, -0.1) is 0 Å². The van der Waals surface area contributed by atoms with Gasteiger partial charge < -0.3 is 0 Å². The maximum absolute atomic E-state index is 13.1. The minimum atomic E-state index is -3.57. The highest BCUT2D eigenvalue weighted by atomic mass is 32.2. The molecule has 0 amide bonds. The van der Waals surface area contributed by atoms with Crippen molar-refractivity contribution in [3.8, 4) is 0 Å². The zero-order chi connectivity index (χ0) is 22.0. The largest absolute Gasteiger partial charge is 0.243 e. The van der Waals surface area contributed by atoms with E-state index in [2.05, 4.69) is 0 Å². The number of benzene rings is 2. The van der Waals surface area contributed by atoms with Crippen molar-refractivity contribution in [2.24, 2.45) is 11.3 Å². The molecule has 2 aliphatic heterocycles. The summed E-state index contributed by atoms with van der Waals surface area (Å²) < 4.78 is 55.4. The van der Waals surface area contributed by atoms with Crippen LogP contribution in [0.25, 0.3) is 0 Å². The minimum absolute atomic E-state index is 0.213. The summed E-state index contributed by atoms with van der Waals surface area (Å²) in [7, 11) is -7.11. The summed E-state index contributed by atoms with van der Waals surface area (Å²) in [6.45, 7) is 5.46. The number of nitrogens with zero attached hydrogens (tertiary/aromatic N) is 2. The molecular weight excluding hydrogens is 432 g/mol. The Kier molecular flexibility index (Phi) is 4.71. The fraction of sp³-hybridized carbons (Fsp3) is 0.391. The first-order valence-corrected chi connectivity index (χ1v) is 13.3. The van der Waals surface area contributed by atoms with Crippen LogP contribution >= 0.6 is 0 Å². The molecule has 8 heteroatoms. The van der Waals surface area contributed by atoms with E-state index >= 15 is 0 Å². The molecule has 2 fully saturated rings. The van der Waals surface area contributed by atoms with Gasteiger partial charge in [-0.2, -0.15) is 8.61 Å². The summed E-state index contributed by atoms with van der Waals surface area (Å²) in [5.74, 6) is 0.265.